The van der Waals surface area contributed by atoms with Crippen LogP contribution >= 0.6 is 0 Å². The summed E-state index contributed by atoms with van der Waals surface area (Å²) in [5.74, 6) is -0.173. The van der Waals surface area contributed by atoms with E-state index in [2.05, 4.69) is 4.99 Å². The highest BCUT2D eigenvalue weighted by Gasteiger charge is 1.92. The van der Waals surface area contributed by atoms with Gasteiger partial charge in [0.1, 0.15) is 5.82 Å². The van der Waals surface area contributed by atoms with E-state index in [1.54, 1.807) is 18.3 Å². The third-order valence-electron chi connectivity index (χ3n) is 1.60. The van der Waals surface area contributed by atoms with Gasteiger partial charge in [0.05, 0.1) is 0 Å². The zero-order valence-corrected chi connectivity index (χ0v) is 7.13. The van der Waals surface area contributed by atoms with Crippen LogP contribution in [0.3, 0.4) is 0 Å². The number of hydrogen-bond acceptors (Lipinski definition) is 1. The van der Waals surface area contributed by atoms with Gasteiger partial charge in [0.25, 0.3) is 0 Å². The molecule has 0 spiro atoms. The summed E-state index contributed by atoms with van der Waals surface area (Å²) in [6.45, 7) is 2.62. The molecule has 2 heteroatoms. The monoisotopic (exact) mass is 165 g/mol. The number of benzene rings is 1. The van der Waals surface area contributed by atoms with Crippen molar-refractivity contribution in [1.82, 2.24) is 0 Å². The van der Waals surface area contributed by atoms with Crippen molar-refractivity contribution in [2.24, 2.45) is 4.99 Å². The molecule has 0 aliphatic rings. The molecule has 0 heterocycles. The van der Waals surface area contributed by atoms with Gasteiger partial charge in [-0.15, -0.1) is 0 Å². The molecule has 0 aliphatic carbocycles. The van der Waals surface area contributed by atoms with E-state index in [1.807, 2.05) is 13.0 Å². The lowest BCUT2D eigenvalue weighted by molar-refractivity contribution is 0.625. The van der Waals surface area contributed by atoms with Crippen LogP contribution in [0.15, 0.2) is 29.3 Å². The van der Waals surface area contributed by atoms with Gasteiger partial charge >= 0.3 is 0 Å². The second-order valence-electron chi connectivity index (χ2n) is 2.54. The molecule has 0 amide bonds. The zero-order chi connectivity index (χ0) is 8.81. The fraction of sp³-hybridized carbons (Fsp3) is 0.300. The summed E-state index contributed by atoms with van der Waals surface area (Å²) in [7, 11) is 0. The van der Waals surface area contributed by atoms with Crippen LogP contribution in [0.4, 0.5) is 4.39 Å². The molecule has 0 atom stereocenters. The normalized spacial score (nSPS) is 10.8. The SMILES string of the molecule is CC=NCCc1cccc(F)c1. The van der Waals surface area contributed by atoms with E-state index in [0.717, 1.165) is 18.5 Å². The molecule has 0 unspecified atom stereocenters. The van der Waals surface area contributed by atoms with Crippen LogP contribution in [0, 0.1) is 5.82 Å². The van der Waals surface area contributed by atoms with Gasteiger partial charge in [-0.25, -0.2) is 4.39 Å². The van der Waals surface area contributed by atoms with Crippen molar-refractivity contribution in [3.05, 3.63) is 35.6 Å². The van der Waals surface area contributed by atoms with Gasteiger partial charge in [-0.2, -0.15) is 0 Å². The highest BCUT2D eigenvalue weighted by molar-refractivity contribution is 5.53. The first-order valence-corrected chi connectivity index (χ1v) is 4.02. The maximum atomic E-state index is 12.6. The minimum absolute atomic E-state index is 0.173. The molecule has 1 aromatic carbocycles. The largest absolute Gasteiger partial charge is 0.297 e. The van der Waals surface area contributed by atoms with Gasteiger partial charge in [0.15, 0.2) is 0 Å². The molecule has 1 rings (SSSR count). The molecular weight excluding hydrogens is 153 g/mol. The van der Waals surface area contributed by atoms with E-state index in [9.17, 15) is 4.39 Å². The number of aliphatic imine (C=N–C) groups is 1. The van der Waals surface area contributed by atoms with Crippen molar-refractivity contribution in [3.63, 3.8) is 0 Å². The van der Waals surface area contributed by atoms with E-state index in [0.29, 0.717) is 0 Å². The topological polar surface area (TPSA) is 12.4 Å². The first kappa shape index (κ1) is 8.91. The Bertz CT molecular complexity index is 268. The minimum atomic E-state index is -0.173. The van der Waals surface area contributed by atoms with Crippen LogP contribution in [0.5, 0.6) is 0 Å². The predicted molar refractivity (Wildman–Crippen MR) is 49.1 cm³/mol. The maximum Gasteiger partial charge on any atom is 0.123 e. The summed E-state index contributed by atoms with van der Waals surface area (Å²) in [6, 6.07) is 6.63. The summed E-state index contributed by atoms with van der Waals surface area (Å²) in [5, 5.41) is 0. The molecule has 0 fully saturated rings. The van der Waals surface area contributed by atoms with Crippen molar-refractivity contribution in [2.75, 3.05) is 6.54 Å². The molecule has 1 aromatic rings. The molecule has 0 bridgehead atoms. The lowest BCUT2D eigenvalue weighted by atomic mass is 10.1. The molecular formula is C10H12FN. The average molecular weight is 165 g/mol. The van der Waals surface area contributed by atoms with Crippen LogP contribution in [0.1, 0.15) is 12.5 Å². The number of hydrogen-bond donors (Lipinski definition) is 0. The van der Waals surface area contributed by atoms with Gasteiger partial charge in [0.2, 0.25) is 0 Å². The van der Waals surface area contributed by atoms with Gasteiger partial charge in [-0.05, 0) is 37.3 Å². The van der Waals surface area contributed by atoms with Gasteiger partial charge < -0.3 is 0 Å². The molecule has 0 aromatic heterocycles. The molecule has 0 N–H and O–H groups in total. The highest BCUT2D eigenvalue weighted by atomic mass is 19.1. The summed E-state index contributed by atoms with van der Waals surface area (Å²) in [5.41, 5.74) is 1.00. The number of rotatable bonds is 3. The van der Waals surface area contributed by atoms with Gasteiger partial charge in [-0.3, -0.25) is 4.99 Å². The third kappa shape index (κ3) is 2.82. The molecule has 64 valence electrons. The molecule has 0 aliphatic heterocycles. The summed E-state index contributed by atoms with van der Waals surface area (Å²) >= 11 is 0. The average Bonchev–Trinajstić information content (AvgIpc) is 2.05. The highest BCUT2D eigenvalue weighted by Crippen LogP contribution is 2.03. The number of nitrogens with zero attached hydrogens (tertiary/aromatic N) is 1. The standard InChI is InChI=1S/C10H12FN/c1-2-12-7-6-9-4-3-5-10(11)8-9/h2-5,8H,6-7H2,1H3. The van der Waals surface area contributed by atoms with E-state index >= 15 is 0 Å². The van der Waals surface area contributed by atoms with E-state index < -0.39 is 0 Å². The fourth-order valence-electron chi connectivity index (χ4n) is 1.02. The quantitative estimate of drug-likeness (QED) is 0.610. The smallest absolute Gasteiger partial charge is 0.123 e. The van der Waals surface area contributed by atoms with Crippen molar-refractivity contribution >= 4 is 6.21 Å². The Labute approximate surface area is 72.0 Å². The van der Waals surface area contributed by atoms with E-state index in [1.165, 1.54) is 6.07 Å². The molecule has 1 nitrogen and oxygen atoms in total. The van der Waals surface area contributed by atoms with Crippen molar-refractivity contribution in [3.8, 4) is 0 Å². The van der Waals surface area contributed by atoms with Crippen LogP contribution < -0.4 is 0 Å². The fourth-order valence-corrected chi connectivity index (χ4v) is 1.02. The minimum Gasteiger partial charge on any atom is -0.297 e. The Morgan fingerprint density at radius 3 is 3.00 bits per heavy atom. The Balaban J connectivity index is 2.52. The Morgan fingerprint density at radius 2 is 2.33 bits per heavy atom. The van der Waals surface area contributed by atoms with Crippen LogP contribution in [-0.4, -0.2) is 12.8 Å². The summed E-state index contributed by atoms with van der Waals surface area (Å²) in [4.78, 5) is 4.05. The van der Waals surface area contributed by atoms with Crippen LogP contribution in [0.2, 0.25) is 0 Å². The van der Waals surface area contributed by atoms with Crippen molar-refractivity contribution in [1.29, 1.82) is 0 Å². The van der Waals surface area contributed by atoms with Crippen LogP contribution in [-0.2, 0) is 6.42 Å². The Morgan fingerprint density at radius 1 is 1.50 bits per heavy atom. The first-order chi connectivity index (χ1) is 5.83. The zero-order valence-electron chi connectivity index (χ0n) is 7.13. The van der Waals surface area contributed by atoms with Crippen molar-refractivity contribution in [2.45, 2.75) is 13.3 Å². The molecule has 0 radical (unpaired) electrons. The van der Waals surface area contributed by atoms with E-state index in [-0.39, 0.29) is 5.82 Å². The molecule has 0 saturated heterocycles. The Kier molecular flexibility index (Phi) is 3.45. The van der Waals surface area contributed by atoms with Crippen LogP contribution in [0.25, 0.3) is 0 Å². The van der Waals surface area contributed by atoms with Gasteiger partial charge in [0, 0.05) is 6.54 Å². The predicted octanol–water partition coefficient (Wildman–Crippen LogP) is 2.46. The second kappa shape index (κ2) is 4.65. The van der Waals surface area contributed by atoms with E-state index in [4.69, 9.17) is 0 Å². The van der Waals surface area contributed by atoms with Gasteiger partial charge in [-0.1, -0.05) is 12.1 Å². The lowest BCUT2D eigenvalue weighted by Crippen LogP contribution is -1.89. The summed E-state index contributed by atoms with van der Waals surface area (Å²) < 4.78 is 12.6. The third-order valence-corrected chi connectivity index (χ3v) is 1.60. The Hall–Kier alpha value is -1.18. The molecule has 12 heavy (non-hydrogen) atoms. The van der Waals surface area contributed by atoms with Crippen molar-refractivity contribution < 1.29 is 4.39 Å². The second-order valence-corrected chi connectivity index (χ2v) is 2.54. The lowest BCUT2D eigenvalue weighted by Gasteiger charge is -1.96. The summed E-state index contributed by atoms with van der Waals surface area (Å²) in [6.07, 6.45) is 2.57. The first-order valence-electron chi connectivity index (χ1n) is 4.02. The molecule has 0 saturated carbocycles. The number of halogens is 1. The maximum absolute atomic E-state index is 12.6.